The first-order chi connectivity index (χ1) is 8.70. The lowest BCUT2D eigenvalue weighted by molar-refractivity contribution is -0.458. The lowest BCUT2D eigenvalue weighted by atomic mass is 10.2. The van der Waals surface area contributed by atoms with Gasteiger partial charge in [-0.25, -0.2) is 0 Å². The van der Waals surface area contributed by atoms with E-state index in [4.69, 9.17) is 0 Å². The molecule has 3 aliphatic heterocycles. The van der Waals surface area contributed by atoms with Gasteiger partial charge in [-0.1, -0.05) is 36.2 Å². The predicted octanol–water partition coefficient (Wildman–Crippen LogP) is 0.867. The van der Waals surface area contributed by atoms with E-state index in [1.807, 2.05) is 0 Å². The summed E-state index contributed by atoms with van der Waals surface area (Å²) < 4.78 is 0. The Kier molecular flexibility index (Phi) is 3.78. The maximum absolute atomic E-state index is 11.8. The molecule has 0 aromatic heterocycles. The molecule has 0 spiro atoms. The zero-order valence-corrected chi connectivity index (χ0v) is 10.4. The Balaban J connectivity index is 2.22. The topological polar surface area (TPSA) is 47.1 Å². The SMILES string of the molecule is C=CC(=O)N1N2CCCCCCN1N2C(=O)C=C. The number of hydrogen-bond acceptors (Lipinski definition) is 4. The quantitative estimate of drug-likeness (QED) is 0.682. The summed E-state index contributed by atoms with van der Waals surface area (Å²) in [5, 5.41) is 6.25. The van der Waals surface area contributed by atoms with Crippen molar-refractivity contribution >= 4 is 11.8 Å². The molecule has 6 nitrogen and oxygen atoms in total. The van der Waals surface area contributed by atoms with Crippen LogP contribution in [0, 0.1) is 0 Å². The van der Waals surface area contributed by atoms with Crippen LogP contribution in [-0.4, -0.2) is 45.4 Å². The molecule has 0 radical (unpaired) electrons. The first-order valence-corrected chi connectivity index (χ1v) is 6.18. The van der Waals surface area contributed by atoms with Crippen LogP contribution in [0.1, 0.15) is 25.7 Å². The Labute approximate surface area is 107 Å². The highest BCUT2D eigenvalue weighted by Gasteiger charge is 2.47. The Bertz CT molecular complexity index is 338. The van der Waals surface area contributed by atoms with Gasteiger partial charge in [-0.05, 0) is 25.0 Å². The van der Waals surface area contributed by atoms with Crippen LogP contribution in [-0.2, 0) is 9.59 Å². The first kappa shape index (κ1) is 12.8. The molecular formula is C12H18N4O2. The standard InChI is InChI=1S/C12H18N4O2/c1-3-11(17)15-13-9-7-5-6-8-10-14(15)16(13)12(18)4-2/h3-4H,1-2,5-10H2. The minimum absolute atomic E-state index is 0.218. The molecule has 2 bridgehead atoms. The van der Waals surface area contributed by atoms with Gasteiger partial charge in [0.05, 0.1) is 0 Å². The molecule has 3 heterocycles. The molecule has 0 aromatic carbocycles. The van der Waals surface area contributed by atoms with Gasteiger partial charge in [0.2, 0.25) is 0 Å². The summed E-state index contributed by atoms with van der Waals surface area (Å²) in [5.74, 6) is -0.435. The van der Waals surface area contributed by atoms with E-state index >= 15 is 0 Å². The number of carbonyl (C=O) groups is 2. The number of fused-ring (bicyclic) bond motifs is 5. The van der Waals surface area contributed by atoms with E-state index in [2.05, 4.69) is 13.2 Å². The Hall–Kier alpha value is -1.66. The Morgan fingerprint density at radius 3 is 1.50 bits per heavy atom. The summed E-state index contributed by atoms with van der Waals surface area (Å²) in [6.07, 6.45) is 6.64. The summed E-state index contributed by atoms with van der Waals surface area (Å²) >= 11 is 0. The third kappa shape index (κ3) is 2.04. The Morgan fingerprint density at radius 1 is 0.778 bits per heavy atom. The minimum Gasteiger partial charge on any atom is -0.267 e. The van der Waals surface area contributed by atoms with Gasteiger partial charge in [0.1, 0.15) is 0 Å². The zero-order valence-electron chi connectivity index (χ0n) is 10.4. The van der Waals surface area contributed by atoms with Gasteiger partial charge in [-0.15, -0.1) is 0 Å². The monoisotopic (exact) mass is 250 g/mol. The first-order valence-electron chi connectivity index (χ1n) is 6.18. The van der Waals surface area contributed by atoms with Gasteiger partial charge in [0, 0.05) is 13.1 Å². The van der Waals surface area contributed by atoms with Crippen LogP contribution in [0.5, 0.6) is 0 Å². The van der Waals surface area contributed by atoms with Crippen molar-refractivity contribution < 1.29 is 9.59 Å². The highest BCUT2D eigenvalue weighted by atomic mass is 16.3. The summed E-state index contributed by atoms with van der Waals surface area (Å²) in [5.41, 5.74) is 0. The largest absolute Gasteiger partial charge is 0.278 e. The van der Waals surface area contributed by atoms with Crippen LogP contribution >= 0.6 is 0 Å². The molecule has 3 aliphatic rings. The molecule has 18 heavy (non-hydrogen) atoms. The summed E-state index contributed by atoms with van der Waals surface area (Å²) in [6, 6.07) is 0. The van der Waals surface area contributed by atoms with E-state index in [-0.39, 0.29) is 11.8 Å². The number of nitrogens with zero attached hydrogens (tertiary/aromatic N) is 4. The van der Waals surface area contributed by atoms with E-state index in [9.17, 15) is 9.59 Å². The minimum atomic E-state index is -0.218. The fourth-order valence-electron chi connectivity index (χ4n) is 2.22. The maximum Gasteiger partial charge on any atom is 0.278 e. The second-order valence-corrected chi connectivity index (χ2v) is 4.27. The van der Waals surface area contributed by atoms with Gasteiger partial charge in [0.15, 0.2) is 0 Å². The molecule has 3 fully saturated rings. The van der Waals surface area contributed by atoms with Crippen molar-refractivity contribution in [1.82, 2.24) is 20.5 Å². The molecule has 0 saturated carbocycles. The van der Waals surface area contributed by atoms with Gasteiger partial charge in [-0.2, -0.15) is 10.2 Å². The number of carbonyl (C=O) groups excluding carboxylic acids is 2. The summed E-state index contributed by atoms with van der Waals surface area (Å²) in [6.45, 7) is 8.28. The van der Waals surface area contributed by atoms with E-state index < -0.39 is 0 Å². The molecular weight excluding hydrogens is 232 g/mol. The average molecular weight is 250 g/mol. The van der Waals surface area contributed by atoms with Crippen LogP contribution in [0.4, 0.5) is 0 Å². The zero-order chi connectivity index (χ0) is 13.1. The molecule has 0 N–H and O–H groups in total. The molecule has 6 heteroatoms. The number of hydrogen-bond donors (Lipinski definition) is 0. The van der Waals surface area contributed by atoms with Crippen LogP contribution < -0.4 is 0 Å². The van der Waals surface area contributed by atoms with Crippen LogP contribution in [0.2, 0.25) is 0 Å². The second-order valence-electron chi connectivity index (χ2n) is 4.27. The molecule has 0 unspecified atom stereocenters. The van der Waals surface area contributed by atoms with Gasteiger partial charge < -0.3 is 0 Å². The smallest absolute Gasteiger partial charge is 0.267 e. The average Bonchev–Trinajstić information content (AvgIpc) is 2.54. The third-order valence-corrected chi connectivity index (χ3v) is 3.08. The fourth-order valence-corrected chi connectivity index (χ4v) is 2.22. The molecule has 2 amide bonds. The highest BCUT2D eigenvalue weighted by Crippen LogP contribution is 2.27. The maximum atomic E-state index is 11.8. The van der Waals surface area contributed by atoms with Crippen LogP contribution in [0.3, 0.4) is 0 Å². The van der Waals surface area contributed by atoms with Crippen LogP contribution in [0.15, 0.2) is 25.3 Å². The number of rotatable bonds is 2. The molecule has 3 rings (SSSR count). The van der Waals surface area contributed by atoms with E-state index in [0.29, 0.717) is 13.1 Å². The van der Waals surface area contributed by atoms with Gasteiger partial charge in [-0.3, -0.25) is 9.59 Å². The summed E-state index contributed by atoms with van der Waals surface area (Å²) in [7, 11) is 0. The predicted molar refractivity (Wildman–Crippen MR) is 66.0 cm³/mol. The van der Waals surface area contributed by atoms with Crippen molar-refractivity contribution in [2.75, 3.05) is 13.1 Å². The lowest BCUT2D eigenvalue weighted by Gasteiger charge is -2.58. The van der Waals surface area contributed by atoms with E-state index in [1.165, 1.54) is 22.4 Å². The molecule has 98 valence electrons. The normalized spacial score (nSPS) is 27.3. The number of hydrazine groups is 4. The number of amides is 2. The van der Waals surface area contributed by atoms with Crippen molar-refractivity contribution in [1.29, 1.82) is 0 Å². The van der Waals surface area contributed by atoms with E-state index in [0.717, 1.165) is 25.7 Å². The van der Waals surface area contributed by atoms with Gasteiger partial charge in [0.25, 0.3) is 11.8 Å². The Morgan fingerprint density at radius 2 is 1.17 bits per heavy atom. The van der Waals surface area contributed by atoms with Crippen molar-refractivity contribution in [3.05, 3.63) is 25.3 Å². The van der Waals surface area contributed by atoms with Crippen molar-refractivity contribution in [3.8, 4) is 0 Å². The van der Waals surface area contributed by atoms with Crippen molar-refractivity contribution in [2.24, 2.45) is 0 Å². The van der Waals surface area contributed by atoms with Crippen molar-refractivity contribution in [3.63, 3.8) is 0 Å². The van der Waals surface area contributed by atoms with Gasteiger partial charge >= 0.3 is 0 Å². The highest BCUT2D eigenvalue weighted by molar-refractivity contribution is 5.90. The van der Waals surface area contributed by atoms with Crippen molar-refractivity contribution in [2.45, 2.75) is 25.7 Å². The summed E-state index contributed by atoms with van der Waals surface area (Å²) in [4.78, 5) is 23.6. The molecule has 0 aliphatic carbocycles. The fraction of sp³-hybridized carbons (Fsp3) is 0.500. The van der Waals surface area contributed by atoms with Crippen LogP contribution in [0.25, 0.3) is 0 Å². The molecule has 3 saturated heterocycles. The lowest BCUT2D eigenvalue weighted by Crippen LogP contribution is -2.80. The molecule has 0 atom stereocenters. The molecule has 0 aromatic rings. The van der Waals surface area contributed by atoms with E-state index in [1.54, 1.807) is 10.2 Å². The second kappa shape index (κ2) is 5.32. The third-order valence-electron chi connectivity index (χ3n) is 3.08.